The van der Waals surface area contributed by atoms with E-state index >= 15 is 0 Å². The second kappa shape index (κ2) is 8.93. The monoisotopic (exact) mass is 435 g/mol. The summed E-state index contributed by atoms with van der Waals surface area (Å²) in [7, 11) is 1.51. The summed E-state index contributed by atoms with van der Waals surface area (Å²) < 4.78 is 52.5. The smallest absolute Gasteiger partial charge is 0.432 e. The van der Waals surface area contributed by atoms with Gasteiger partial charge in [-0.05, 0) is 24.6 Å². The average Bonchev–Trinajstić information content (AvgIpc) is 3.34. The molecule has 0 bridgehead atoms. The summed E-state index contributed by atoms with van der Waals surface area (Å²) >= 11 is 0. The molecule has 2 aromatic rings. The van der Waals surface area contributed by atoms with Crippen LogP contribution in [0.4, 0.5) is 13.2 Å². The second-order valence-electron chi connectivity index (χ2n) is 6.67. The molecule has 9 nitrogen and oxygen atoms in total. The number of nitrogens with zero attached hydrogens (tertiary/aromatic N) is 4. The standard InChI is InChI=1S/C19H16F3N5O4/c1-29-9-13-5-12(8-27(13)10-24)26-17(28)18-25-7-16(30-18)14-4-11(6-23)2-3-15(14)31-19(20,21)22/h2-4,7,12-13H,5,8-9H2,1H3,(H,26,28)/t12-,13?/m1/s1. The number of rotatable bonds is 6. The highest BCUT2D eigenvalue weighted by atomic mass is 19.4. The Kier molecular flexibility index (Phi) is 6.32. The topological polar surface area (TPSA) is 124 Å². The number of nitriles is 2. The van der Waals surface area contributed by atoms with Crippen LogP contribution in [0, 0.1) is 22.8 Å². The van der Waals surface area contributed by atoms with Crippen molar-refractivity contribution in [3.63, 3.8) is 0 Å². The van der Waals surface area contributed by atoms with Gasteiger partial charge in [0.15, 0.2) is 12.0 Å². The van der Waals surface area contributed by atoms with Crippen molar-refractivity contribution >= 4 is 5.91 Å². The molecule has 1 aromatic heterocycles. The molecule has 1 aliphatic rings. The molecule has 31 heavy (non-hydrogen) atoms. The van der Waals surface area contributed by atoms with Crippen molar-refractivity contribution in [3.05, 3.63) is 35.9 Å². The van der Waals surface area contributed by atoms with Gasteiger partial charge in [0, 0.05) is 19.7 Å². The molecule has 1 fully saturated rings. The molecule has 0 saturated carbocycles. The number of hydrogen-bond donors (Lipinski definition) is 1. The predicted octanol–water partition coefficient (Wildman–Crippen LogP) is 2.41. The van der Waals surface area contributed by atoms with Crippen molar-refractivity contribution in [3.8, 4) is 29.3 Å². The van der Waals surface area contributed by atoms with Gasteiger partial charge in [-0.15, -0.1) is 13.2 Å². The molecular formula is C19H16F3N5O4. The van der Waals surface area contributed by atoms with E-state index in [1.54, 1.807) is 0 Å². The van der Waals surface area contributed by atoms with Crippen molar-refractivity contribution < 1.29 is 31.9 Å². The van der Waals surface area contributed by atoms with Crippen LogP contribution in [-0.4, -0.2) is 54.5 Å². The van der Waals surface area contributed by atoms with Crippen LogP contribution in [0.25, 0.3) is 11.3 Å². The first kappa shape index (κ1) is 21.9. The van der Waals surface area contributed by atoms with E-state index < -0.39 is 18.0 Å². The first-order chi connectivity index (χ1) is 14.7. The van der Waals surface area contributed by atoms with Crippen molar-refractivity contribution in [1.29, 1.82) is 10.5 Å². The first-order valence-corrected chi connectivity index (χ1v) is 8.96. The molecule has 1 unspecified atom stereocenters. The molecule has 0 radical (unpaired) electrons. The van der Waals surface area contributed by atoms with Gasteiger partial charge in [-0.3, -0.25) is 4.79 Å². The van der Waals surface area contributed by atoms with Gasteiger partial charge in [-0.2, -0.15) is 10.5 Å². The summed E-state index contributed by atoms with van der Waals surface area (Å²) in [6.07, 6.45) is -1.39. The molecule has 12 heteroatoms. The van der Waals surface area contributed by atoms with Crippen LogP contribution in [0.3, 0.4) is 0 Å². The lowest BCUT2D eigenvalue weighted by Crippen LogP contribution is -2.36. The fourth-order valence-electron chi connectivity index (χ4n) is 3.25. The van der Waals surface area contributed by atoms with Crippen LogP contribution in [-0.2, 0) is 4.74 Å². The fourth-order valence-corrected chi connectivity index (χ4v) is 3.25. The Balaban J connectivity index is 1.78. The maximum atomic E-state index is 12.7. The molecule has 0 aliphatic carbocycles. The zero-order valence-corrected chi connectivity index (χ0v) is 16.1. The summed E-state index contributed by atoms with van der Waals surface area (Å²) in [5.74, 6) is -1.85. The van der Waals surface area contributed by atoms with Gasteiger partial charge in [0.05, 0.1) is 36.0 Å². The van der Waals surface area contributed by atoms with Crippen LogP contribution < -0.4 is 10.1 Å². The number of ether oxygens (including phenoxy) is 2. The van der Waals surface area contributed by atoms with E-state index in [0.29, 0.717) is 13.0 Å². The van der Waals surface area contributed by atoms with Crippen LogP contribution in [0.5, 0.6) is 5.75 Å². The van der Waals surface area contributed by atoms with E-state index in [2.05, 4.69) is 15.0 Å². The molecule has 1 N–H and O–H groups in total. The summed E-state index contributed by atoms with van der Waals surface area (Å²) in [5, 5.41) is 20.9. The number of aromatic nitrogens is 1. The van der Waals surface area contributed by atoms with Gasteiger partial charge in [0.1, 0.15) is 5.75 Å². The number of halogens is 3. The van der Waals surface area contributed by atoms with Crippen LogP contribution in [0.2, 0.25) is 0 Å². The highest BCUT2D eigenvalue weighted by Crippen LogP contribution is 2.35. The van der Waals surface area contributed by atoms with Gasteiger partial charge in [-0.1, -0.05) is 0 Å². The Labute approximate surface area is 174 Å². The highest BCUT2D eigenvalue weighted by molar-refractivity contribution is 5.90. The maximum absolute atomic E-state index is 12.7. The minimum atomic E-state index is -4.96. The zero-order valence-electron chi connectivity index (χ0n) is 16.1. The third-order valence-corrected chi connectivity index (χ3v) is 4.54. The Bertz CT molecular complexity index is 1040. The lowest BCUT2D eigenvalue weighted by molar-refractivity contribution is -0.274. The zero-order chi connectivity index (χ0) is 22.6. The Morgan fingerprint density at radius 2 is 2.19 bits per heavy atom. The van der Waals surface area contributed by atoms with Crippen molar-refractivity contribution in [2.24, 2.45) is 0 Å². The minimum absolute atomic E-state index is 0.0682. The average molecular weight is 435 g/mol. The molecule has 1 aromatic carbocycles. The van der Waals surface area contributed by atoms with Gasteiger partial charge in [0.2, 0.25) is 0 Å². The van der Waals surface area contributed by atoms with Crippen LogP contribution in [0.1, 0.15) is 22.7 Å². The number of carbonyl (C=O) groups is 1. The van der Waals surface area contributed by atoms with E-state index in [4.69, 9.17) is 14.4 Å². The fraction of sp³-hybridized carbons (Fsp3) is 0.368. The quantitative estimate of drug-likeness (QED) is 0.686. The number of carbonyl (C=O) groups excluding carboxylic acids is 1. The maximum Gasteiger partial charge on any atom is 0.573 e. The second-order valence-corrected chi connectivity index (χ2v) is 6.67. The summed E-state index contributed by atoms with van der Waals surface area (Å²) in [6, 6.07) is 4.54. The Hall–Kier alpha value is -3.77. The molecule has 1 aliphatic heterocycles. The number of benzene rings is 1. The van der Waals surface area contributed by atoms with Gasteiger partial charge >= 0.3 is 12.3 Å². The van der Waals surface area contributed by atoms with Gasteiger partial charge in [-0.25, -0.2) is 4.98 Å². The van der Waals surface area contributed by atoms with Gasteiger partial charge in [0.25, 0.3) is 5.89 Å². The highest BCUT2D eigenvalue weighted by Gasteiger charge is 2.34. The number of nitrogens with one attached hydrogen (secondary N) is 1. The lowest BCUT2D eigenvalue weighted by atomic mass is 10.1. The Morgan fingerprint density at radius 1 is 1.42 bits per heavy atom. The van der Waals surface area contributed by atoms with E-state index in [0.717, 1.165) is 24.4 Å². The number of oxazole rings is 1. The van der Waals surface area contributed by atoms with Crippen molar-refractivity contribution in [2.75, 3.05) is 20.3 Å². The van der Waals surface area contributed by atoms with Gasteiger partial charge < -0.3 is 24.1 Å². The minimum Gasteiger partial charge on any atom is -0.432 e. The van der Waals surface area contributed by atoms with E-state index in [9.17, 15) is 23.2 Å². The van der Waals surface area contributed by atoms with Crippen LogP contribution >= 0.6 is 0 Å². The van der Waals surface area contributed by atoms with E-state index in [1.807, 2.05) is 12.3 Å². The first-order valence-electron chi connectivity index (χ1n) is 8.96. The molecule has 2 atom stereocenters. The molecule has 1 amide bonds. The normalized spacial score (nSPS) is 18.3. The van der Waals surface area contributed by atoms with Crippen molar-refractivity contribution in [1.82, 2.24) is 15.2 Å². The number of hydrogen-bond acceptors (Lipinski definition) is 8. The number of amides is 1. The predicted molar refractivity (Wildman–Crippen MR) is 97.2 cm³/mol. The molecule has 162 valence electrons. The van der Waals surface area contributed by atoms with Crippen LogP contribution in [0.15, 0.2) is 28.8 Å². The third kappa shape index (κ3) is 5.24. The number of likely N-dealkylation sites (tertiary alicyclic amines) is 1. The van der Waals surface area contributed by atoms with E-state index in [-0.39, 0.29) is 41.4 Å². The Morgan fingerprint density at radius 3 is 2.84 bits per heavy atom. The molecule has 3 rings (SSSR count). The van der Waals surface area contributed by atoms with E-state index in [1.165, 1.54) is 12.0 Å². The largest absolute Gasteiger partial charge is 0.573 e. The summed E-state index contributed by atoms with van der Waals surface area (Å²) in [5.41, 5.74) is -0.113. The molecular weight excluding hydrogens is 419 g/mol. The van der Waals surface area contributed by atoms with Crippen molar-refractivity contribution in [2.45, 2.75) is 24.9 Å². The lowest BCUT2D eigenvalue weighted by Gasteiger charge is -2.15. The summed E-state index contributed by atoms with van der Waals surface area (Å²) in [4.78, 5) is 17.8. The molecule has 1 saturated heterocycles. The SMILES string of the molecule is COCC1C[C@@H](NC(=O)c2ncc(-c3cc(C#N)ccc3OC(F)(F)F)o2)CN1C#N. The third-order valence-electron chi connectivity index (χ3n) is 4.54. The molecule has 0 spiro atoms. The number of methoxy groups -OCH3 is 1. The summed E-state index contributed by atoms with van der Waals surface area (Å²) in [6.45, 7) is 0.595. The number of alkyl halides is 3. The molecule has 2 heterocycles.